The van der Waals surface area contributed by atoms with Crippen molar-refractivity contribution in [3.05, 3.63) is 65.7 Å². The van der Waals surface area contributed by atoms with Crippen LogP contribution in [-0.2, 0) is 4.79 Å². The first-order valence-electron chi connectivity index (χ1n) is 6.06. The Kier molecular flexibility index (Phi) is 3.98. The van der Waals surface area contributed by atoms with E-state index < -0.39 is 0 Å². The topological polar surface area (TPSA) is 55.1 Å². The number of benzene rings is 2. The monoisotopic (exact) mass is 252 g/mol. The number of nitrogens with one attached hydrogen (secondary N) is 1. The summed E-state index contributed by atoms with van der Waals surface area (Å²) in [5.74, 6) is -0.193. The average molecular weight is 252 g/mol. The number of amides is 1. The number of hydrogen-bond donors (Lipinski definition) is 2. The van der Waals surface area contributed by atoms with Crippen molar-refractivity contribution in [3.8, 4) is 0 Å². The zero-order valence-electron chi connectivity index (χ0n) is 10.8. The minimum absolute atomic E-state index is 0.193. The molecule has 0 atom stereocenters. The molecule has 2 aromatic carbocycles. The van der Waals surface area contributed by atoms with Gasteiger partial charge in [0.25, 0.3) is 0 Å². The molecule has 0 aliphatic heterocycles. The molecule has 96 valence electrons. The minimum atomic E-state index is -0.193. The van der Waals surface area contributed by atoms with Gasteiger partial charge < -0.3 is 11.1 Å². The summed E-state index contributed by atoms with van der Waals surface area (Å²) >= 11 is 0. The highest BCUT2D eigenvalue weighted by Gasteiger charge is 2.01. The summed E-state index contributed by atoms with van der Waals surface area (Å²) < 4.78 is 0. The lowest BCUT2D eigenvalue weighted by molar-refractivity contribution is -0.111. The standard InChI is InChI=1S/C16H16N2O/c1-12-6-2-3-7-13(12)10-11-16(19)18-15-9-5-4-8-14(15)17/h2-11H,17H2,1H3,(H,18,19)/b11-10+. The normalized spacial score (nSPS) is 10.6. The second-order valence-corrected chi connectivity index (χ2v) is 4.27. The number of hydrogen-bond acceptors (Lipinski definition) is 2. The highest BCUT2D eigenvalue weighted by Crippen LogP contribution is 2.16. The first-order valence-corrected chi connectivity index (χ1v) is 6.06. The summed E-state index contributed by atoms with van der Waals surface area (Å²) in [5.41, 5.74) is 9.10. The zero-order chi connectivity index (χ0) is 13.7. The van der Waals surface area contributed by atoms with Gasteiger partial charge in [-0.15, -0.1) is 0 Å². The lowest BCUT2D eigenvalue weighted by Gasteiger charge is -2.05. The quantitative estimate of drug-likeness (QED) is 0.651. The summed E-state index contributed by atoms with van der Waals surface area (Å²) in [7, 11) is 0. The van der Waals surface area contributed by atoms with Crippen molar-refractivity contribution < 1.29 is 4.79 Å². The molecule has 0 aliphatic rings. The Morgan fingerprint density at radius 1 is 1.11 bits per heavy atom. The highest BCUT2D eigenvalue weighted by atomic mass is 16.1. The van der Waals surface area contributed by atoms with Crippen LogP contribution in [0, 0.1) is 6.92 Å². The third-order valence-electron chi connectivity index (χ3n) is 2.82. The van der Waals surface area contributed by atoms with E-state index in [2.05, 4.69) is 5.32 Å². The molecule has 0 saturated carbocycles. The van der Waals surface area contributed by atoms with Crippen molar-refractivity contribution in [3.63, 3.8) is 0 Å². The second-order valence-electron chi connectivity index (χ2n) is 4.27. The molecule has 0 fully saturated rings. The van der Waals surface area contributed by atoms with E-state index in [1.165, 1.54) is 6.08 Å². The van der Waals surface area contributed by atoms with Gasteiger partial charge in [0.2, 0.25) is 5.91 Å². The molecule has 0 saturated heterocycles. The maximum absolute atomic E-state index is 11.8. The van der Waals surface area contributed by atoms with Crippen LogP contribution >= 0.6 is 0 Å². The lowest BCUT2D eigenvalue weighted by atomic mass is 10.1. The Hall–Kier alpha value is -2.55. The molecule has 2 aromatic rings. The number of para-hydroxylation sites is 2. The van der Waals surface area contributed by atoms with Gasteiger partial charge in [-0.05, 0) is 36.3 Å². The predicted octanol–water partition coefficient (Wildman–Crippen LogP) is 3.23. The van der Waals surface area contributed by atoms with Crippen molar-refractivity contribution >= 4 is 23.4 Å². The third-order valence-corrected chi connectivity index (χ3v) is 2.82. The van der Waals surface area contributed by atoms with Crippen LogP contribution in [0.5, 0.6) is 0 Å². The molecule has 3 heteroatoms. The molecule has 0 bridgehead atoms. The van der Waals surface area contributed by atoms with Crippen molar-refractivity contribution in [1.29, 1.82) is 0 Å². The molecule has 2 rings (SSSR count). The number of rotatable bonds is 3. The Labute approximate surface area is 112 Å². The van der Waals surface area contributed by atoms with Crippen LogP contribution in [0.2, 0.25) is 0 Å². The third kappa shape index (κ3) is 3.45. The molecule has 0 heterocycles. The van der Waals surface area contributed by atoms with E-state index in [1.54, 1.807) is 18.2 Å². The minimum Gasteiger partial charge on any atom is -0.397 e. The summed E-state index contributed by atoms with van der Waals surface area (Å²) in [6, 6.07) is 15.1. The van der Waals surface area contributed by atoms with Crippen molar-refractivity contribution in [2.75, 3.05) is 11.1 Å². The number of carbonyl (C=O) groups excluding carboxylic acids is 1. The van der Waals surface area contributed by atoms with E-state index in [0.717, 1.165) is 11.1 Å². The molecule has 0 spiro atoms. The van der Waals surface area contributed by atoms with Gasteiger partial charge in [-0.25, -0.2) is 0 Å². The lowest BCUT2D eigenvalue weighted by Crippen LogP contribution is -2.09. The summed E-state index contributed by atoms with van der Waals surface area (Å²) in [6.07, 6.45) is 3.30. The molecule has 0 unspecified atom stereocenters. The molecule has 1 amide bonds. The number of nitrogen functional groups attached to an aromatic ring is 1. The molecule has 0 aliphatic carbocycles. The van der Waals surface area contributed by atoms with Crippen molar-refractivity contribution in [2.24, 2.45) is 0 Å². The first-order chi connectivity index (χ1) is 9.16. The Morgan fingerprint density at radius 2 is 1.79 bits per heavy atom. The SMILES string of the molecule is Cc1ccccc1/C=C/C(=O)Nc1ccccc1N. The fourth-order valence-electron chi connectivity index (χ4n) is 1.72. The van der Waals surface area contributed by atoms with E-state index >= 15 is 0 Å². The molecule has 19 heavy (non-hydrogen) atoms. The molecule has 3 N–H and O–H groups in total. The van der Waals surface area contributed by atoms with Crippen molar-refractivity contribution in [1.82, 2.24) is 0 Å². The van der Waals surface area contributed by atoms with Gasteiger partial charge in [0, 0.05) is 6.08 Å². The van der Waals surface area contributed by atoms with Gasteiger partial charge in [0.15, 0.2) is 0 Å². The second kappa shape index (κ2) is 5.87. The fraction of sp³-hybridized carbons (Fsp3) is 0.0625. The summed E-state index contributed by atoms with van der Waals surface area (Å²) in [4.78, 5) is 11.8. The zero-order valence-corrected chi connectivity index (χ0v) is 10.8. The number of nitrogens with two attached hydrogens (primary N) is 1. The van der Waals surface area contributed by atoms with Crippen LogP contribution in [0.15, 0.2) is 54.6 Å². The van der Waals surface area contributed by atoms with Gasteiger partial charge in [-0.1, -0.05) is 36.4 Å². The van der Waals surface area contributed by atoms with E-state index in [9.17, 15) is 4.79 Å². The van der Waals surface area contributed by atoms with E-state index in [0.29, 0.717) is 11.4 Å². The van der Waals surface area contributed by atoms with Crippen LogP contribution in [0.25, 0.3) is 6.08 Å². The van der Waals surface area contributed by atoms with E-state index in [1.807, 2.05) is 43.3 Å². The van der Waals surface area contributed by atoms with Crippen LogP contribution in [0.4, 0.5) is 11.4 Å². The van der Waals surface area contributed by atoms with E-state index in [-0.39, 0.29) is 5.91 Å². The maximum Gasteiger partial charge on any atom is 0.248 e. The summed E-state index contributed by atoms with van der Waals surface area (Å²) in [6.45, 7) is 2.01. The van der Waals surface area contributed by atoms with Gasteiger partial charge in [-0.2, -0.15) is 0 Å². The number of carbonyl (C=O) groups is 1. The summed E-state index contributed by atoms with van der Waals surface area (Å²) in [5, 5.41) is 2.75. The van der Waals surface area contributed by atoms with Crippen LogP contribution in [0.3, 0.4) is 0 Å². The Morgan fingerprint density at radius 3 is 2.53 bits per heavy atom. The smallest absolute Gasteiger partial charge is 0.248 e. The molecular formula is C16H16N2O. The highest BCUT2D eigenvalue weighted by molar-refractivity contribution is 6.03. The Bertz CT molecular complexity index is 618. The largest absolute Gasteiger partial charge is 0.397 e. The van der Waals surface area contributed by atoms with Crippen molar-refractivity contribution in [2.45, 2.75) is 6.92 Å². The van der Waals surface area contributed by atoms with Crippen LogP contribution in [-0.4, -0.2) is 5.91 Å². The van der Waals surface area contributed by atoms with Crippen LogP contribution < -0.4 is 11.1 Å². The molecule has 0 radical (unpaired) electrons. The van der Waals surface area contributed by atoms with Gasteiger partial charge in [-0.3, -0.25) is 4.79 Å². The maximum atomic E-state index is 11.8. The molecule has 0 aromatic heterocycles. The van der Waals surface area contributed by atoms with Gasteiger partial charge >= 0.3 is 0 Å². The van der Waals surface area contributed by atoms with E-state index in [4.69, 9.17) is 5.73 Å². The number of anilines is 2. The Balaban J connectivity index is 2.06. The van der Waals surface area contributed by atoms with Gasteiger partial charge in [0.1, 0.15) is 0 Å². The fourth-order valence-corrected chi connectivity index (χ4v) is 1.72. The van der Waals surface area contributed by atoms with Gasteiger partial charge in [0.05, 0.1) is 11.4 Å². The first kappa shape index (κ1) is 12.9. The predicted molar refractivity (Wildman–Crippen MR) is 79.7 cm³/mol. The molecular weight excluding hydrogens is 236 g/mol. The molecule has 3 nitrogen and oxygen atoms in total. The van der Waals surface area contributed by atoms with Crippen LogP contribution in [0.1, 0.15) is 11.1 Å². The number of aryl methyl sites for hydroxylation is 1. The average Bonchev–Trinajstić information content (AvgIpc) is 2.40.